The van der Waals surface area contributed by atoms with Crippen LogP contribution in [0, 0.1) is 5.92 Å². The Labute approximate surface area is 104 Å². The molecule has 2 atom stereocenters. The van der Waals surface area contributed by atoms with Crippen molar-refractivity contribution in [1.29, 1.82) is 0 Å². The zero-order valence-corrected chi connectivity index (χ0v) is 11.0. The molecule has 16 heavy (non-hydrogen) atoms. The topological polar surface area (TPSA) is 35.2 Å². The molecule has 2 fully saturated rings. The highest BCUT2D eigenvalue weighted by atomic mass is 32.2. The third kappa shape index (κ3) is 3.94. The van der Waals surface area contributed by atoms with E-state index < -0.39 is 0 Å². The fourth-order valence-corrected chi connectivity index (χ4v) is 4.15. The summed E-state index contributed by atoms with van der Waals surface area (Å²) in [4.78, 5) is 0. The smallest absolute Gasteiger partial charge is 0.0509 e. The Hall–Kier alpha value is 0.270. The average Bonchev–Trinajstić information content (AvgIpc) is 2.38. The Morgan fingerprint density at radius 3 is 2.62 bits per heavy atom. The molecular formula is C13H25NOS. The molecule has 2 nitrogen and oxygen atoms in total. The van der Waals surface area contributed by atoms with Gasteiger partial charge in [-0.2, -0.15) is 11.8 Å². The second-order valence-electron chi connectivity index (χ2n) is 5.23. The van der Waals surface area contributed by atoms with Crippen LogP contribution in [0.3, 0.4) is 0 Å². The molecular weight excluding hydrogens is 218 g/mol. The van der Waals surface area contributed by atoms with Crippen LogP contribution in [0.1, 0.15) is 44.9 Å². The summed E-state index contributed by atoms with van der Waals surface area (Å²) in [6.45, 7) is 1.84. The molecule has 1 aliphatic heterocycles. The van der Waals surface area contributed by atoms with Gasteiger partial charge in [0.1, 0.15) is 0 Å². The highest BCUT2D eigenvalue weighted by Gasteiger charge is 2.22. The summed E-state index contributed by atoms with van der Waals surface area (Å²) in [6.07, 6.45) is 9.61. The molecule has 0 radical (unpaired) electrons. The molecule has 2 aliphatic rings. The summed E-state index contributed by atoms with van der Waals surface area (Å²) < 4.78 is 5.51. The predicted octanol–water partition coefficient (Wildman–Crippen LogP) is 2.81. The Morgan fingerprint density at radius 1 is 1.12 bits per heavy atom. The molecule has 2 unspecified atom stereocenters. The summed E-state index contributed by atoms with van der Waals surface area (Å²) in [5, 5.41) is 0.893. The lowest BCUT2D eigenvalue weighted by Crippen LogP contribution is -2.38. The van der Waals surface area contributed by atoms with E-state index in [2.05, 4.69) is 11.8 Å². The number of rotatable bonds is 4. The van der Waals surface area contributed by atoms with Crippen LogP contribution >= 0.6 is 11.8 Å². The van der Waals surface area contributed by atoms with Gasteiger partial charge in [-0.25, -0.2) is 0 Å². The van der Waals surface area contributed by atoms with Gasteiger partial charge in [0.05, 0.1) is 6.61 Å². The molecule has 94 valence electrons. The minimum absolute atomic E-state index is 0.354. The van der Waals surface area contributed by atoms with Crippen LogP contribution in [0.15, 0.2) is 0 Å². The van der Waals surface area contributed by atoms with Crippen LogP contribution in [0.25, 0.3) is 0 Å². The SMILES string of the molecule is NC(CSC1CCCCC1)C1CCCOC1. The van der Waals surface area contributed by atoms with Crippen LogP contribution in [-0.4, -0.2) is 30.3 Å². The van der Waals surface area contributed by atoms with E-state index in [-0.39, 0.29) is 0 Å². The number of ether oxygens (including phenoxy) is 1. The highest BCUT2D eigenvalue weighted by molar-refractivity contribution is 7.99. The van der Waals surface area contributed by atoms with Gasteiger partial charge in [-0.1, -0.05) is 19.3 Å². The summed E-state index contributed by atoms with van der Waals surface area (Å²) in [7, 11) is 0. The molecule has 0 bridgehead atoms. The lowest BCUT2D eigenvalue weighted by molar-refractivity contribution is 0.0478. The van der Waals surface area contributed by atoms with Gasteiger partial charge in [-0.05, 0) is 31.6 Å². The summed E-state index contributed by atoms with van der Waals surface area (Å²) in [5.41, 5.74) is 6.26. The largest absolute Gasteiger partial charge is 0.381 e. The van der Waals surface area contributed by atoms with Gasteiger partial charge in [0.25, 0.3) is 0 Å². The zero-order valence-electron chi connectivity index (χ0n) is 10.2. The number of thioether (sulfide) groups is 1. The van der Waals surface area contributed by atoms with Gasteiger partial charge in [0.2, 0.25) is 0 Å². The van der Waals surface area contributed by atoms with Crippen molar-refractivity contribution in [2.45, 2.75) is 56.2 Å². The molecule has 0 amide bonds. The van der Waals surface area contributed by atoms with Gasteiger partial charge in [-0.3, -0.25) is 0 Å². The first-order chi connectivity index (χ1) is 7.86. The van der Waals surface area contributed by atoms with Crippen molar-refractivity contribution < 1.29 is 4.74 Å². The first kappa shape index (κ1) is 12.7. The van der Waals surface area contributed by atoms with Crippen molar-refractivity contribution in [3.8, 4) is 0 Å². The third-order valence-corrected chi connectivity index (χ3v) is 5.40. The average molecular weight is 243 g/mol. The number of nitrogens with two attached hydrogens (primary N) is 1. The second kappa shape index (κ2) is 6.87. The Morgan fingerprint density at radius 2 is 1.94 bits per heavy atom. The van der Waals surface area contributed by atoms with E-state index >= 15 is 0 Å². The van der Waals surface area contributed by atoms with Crippen molar-refractivity contribution in [2.24, 2.45) is 11.7 Å². The lowest BCUT2D eigenvalue weighted by atomic mass is 9.96. The molecule has 1 heterocycles. The maximum absolute atomic E-state index is 6.26. The fourth-order valence-electron chi connectivity index (χ4n) is 2.72. The van der Waals surface area contributed by atoms with Crippen LogP contribution in [0.5, 0.6) is 0 Å². The van der Waals surface area contributed by atoms with Crippen molar-refractivity contribution in [2.75, 3.05) is 19.0 Å². The van der Waals surface area contributed by atoms with Crippen molar-refractivity contribution >= 4 is 11.8 Å². The standard InChI is InChI=1S/C13H25NOS/c14-13(11-5-4-8-15-9-11)10-16-12-6-2-1-3-7-12/h11-13H,1-10,14H2. The minimum atomic E-state index is 0.354. The molecule has 1 saturated carbocycles. The van der Waals surface area contributed by atoms with Crippen molar-refractivity contribution in [3.63, 3.8) is 0 Å². The normalized spacial score (nSPS) is 30.2. The van der Waals surface area contributed by atoms with E-state index in [9.17, 15) is 0 Å². The molecule has 1 saturated heterocycles. The first-order valence-corrected chi connectivity index (χ1v) is 7.86. The third-order valence-electron chi connectivity index (χ3n) is 3.88. The monoisotopic (exact) mass is 243 g/mol. The first-order valence-electron chi connectivity index (χ1n) is 6.81. The van der Waals surface area contributed by atoms with Gasteiger partial charge < -0.3 is 10.5 Å². The summed E-state index contributed by atoms with van der Waals surface area (Å²) in [6, 6.07) is 0.354. The van der Waals surface area contributed by atoms with Crippen LogP contribution < -0.4 is 5.73 Å². The molecule has 0 spiro atoms. The lowest BCUT2D eigenvalue weighted by Gasteiger charge is -2.29. The molecule has 0 aromatic heterocycles. The second-order valence-corrected chi connectivity index (χ2v) is 6.57. The van der Waals surface area contributed by atoms with E-state index in [1.807, 2.05) is 0 Å². The van der Waals surface area contributed by atoms with Gasteiger partial charge in [0, 0.05) is 23.7 Å². The van der Waals surface area contributed by atoms with Crippen LogP contribution in [0.2, 0.25) is 0 Å². The zero-order chi connectivity index (χ0) is 11.2. The van der Waals surface area contributed by atoms with E-state index in [0.717, 1.165) is 24.2 Å². The van der Waals surface area contributed by atoms with E-state index in [1.54, 1.807) is 0 Å². The van der Waals surface area contributed by atoms with Gasteiger partial charge in [0.15, 0.2) is 0 Å². The number of hydrogen-bond acceptors (Lipinski definition) is 3. The quantitative estimate of drug-likeness (QED) is 0.824. The maximum Gasteiger partial charge on any atom is 0.0509 e. The highest BCUT2D eigenvalue weighted by Crippen LogP contribution is 2.29. The molecule has 2 N–H and O–H groups in total. The number of hydrogen-bond donors (Lipinski definition) is 1. The Kier molecular flexibility index (Phi) is 5.46. The minimum Gasteiger partial charge on any atom is -0.381 e. The Balaban J connectivity index is 1.63. The summed E-state index contributed by atoms with van der Waals surface area (Å²) in [5.74, 6) is 1.75. The fraction of sp³-hybridized carbons (Fsp3) is 1.00. The molecule has 3 heteroatoms. The Bertz CT molecular complexity index is 188. The molecule has 2 rings (SSSR count). The van der Waals surface area contributed by atoms with E-state index in [0.29, 0.717) is 12.0 Å². The van der Waals surface area contributed by atoms with Crippen molar-refractivity contribution in [1.82, 2.24) is 0 Å². The molecule has 0 aromatic carbocycles. The summed E-state index contributed by atoms with van der Waals surface area (Å²) >= 11 is 2.12. The maximum atomic E-state index is 6.26. The van der Waals surface area contributed by atoms with E-state index in [4.69, 9.17) is 10.5 Å². The van der Waals surface area contributed by atoms with Gasteiger partial charge in [-0.15, -0.1) is 0 Å². The molecule has 1 aliphatic carbocycles. The van der Waals surface area contributed by atoms with Crippen LogP contribution in [-0.2, 0) is 4.74 Å². The van der Waals surface area contributed by atoms with Crippen molar-refractivity contribution in [3.05, 3.63) is 0 Å². The van der Waals surface area contributed by atoms with E-state index in [1.165, 1.54) is 44.9 Å². The predicted molar refractivity (Wildman–Crippen MR) is 70.8 cm³/mol. The van der Waals surface area contributed by atoms with Gasteiger partial charge >= 0.3 is 0 Å². The molecule has 0 aromatic rings. The van der Waals surface area contributed by atoms with Crippen LogP contribution in [0.4, 0.5) is 0 Å².